The lowest BCUT2D eigenvalue weighted by Crippen LogP contribution is -2.52. The molecule has 2 amide bonds. The van der Waals surface area contributed by atoms with Crippen molar-refractivity contribution in [3.63, 3.8) is 0 Å². The topological polar surface area (TPSA) is 58.6 Å². The van der Waals surface area contributed by atoms with E-state index in [0.717, 1.165) is 23.1 Å². The van der Waals surface area contributed by atoms with Crippen molar-refractivity contribution in [3.8, 4) is 5.75 Å². The number of carbonyl (C=O) groups excluding carboxylic acids is 2. The van der Waals surface area contributed by atoms with Gasteiger partial charge in [-0.3, -0.25) is 9.59 Å². The van der Waals surface area contributed by atoms with Crippen molar-refractivity contribution in [1.82, 2.24) is 10.2 Å². The SMILES string of the molecule is CC[C@H](C)NC(=O)[C@@H](Cc1ccccc1)N(Cc1ccccc1C)C(=O)CCCOc1ccc(Cl)cc1. The maximum atomic E-state index is 13.7. The molecule has 3 aromatic rings. The Bertz CT molecular complexity index is 1130. The van der Waals surface area contributed by atoms with Gasteiger partial charge in [-0.1, -0.05) is 73.1 Å². The Morgan fingerprint density at radius 1 is 0.973 bits per heavy atom. The van der Waals surface area contributed by atoms with Crippen molar-refractivity contribution in [2.75, 3.05) is 6.61 Å². The van der Waals surface area contributed by atoms with Crippen molar-refractivity contribution < 1.29 is 14.3 Å². The molecule has 2 atom stereocenters. The third kappa shape index (κ3) is 8.94. The van der Waals surface area contributed by atoms with Gasteiger partial charge in [-0.05, 0) is 67.6 Å². The summed E-state index contributed by atoms with van der Waals surface area (Å²) < 4.78 is 5.79. The number of ether oxygens (including phenoxy) is 1. The molecule has 0 aliphatic carbocycles. The number of hydrogen-bond donors (Lipinski definition) is 1. The van der Waals surface area contributed by atoms with Crippen LogP contribution in [0.2, 0.25) is 5.02 Å². The predicted octanol–water partition coefficient (Wildman–Crippen LogP) is 6.36. The van der Waals surface area contributed by atoms with Gasteiger partial charge in [0.05, 0.1) is 6.61 Å². The van der Waals surface area contributed by atoms with Gasteiger partial charge in [-0.25, -0.2) is 0 Å². The summed E-state index contributed by atoms with van der Waals surface area (Å²) in [7, 11) is 0. The molecule has 6 heteroatoms. The Kier molecular flexibility index (Phi) is 11.0. The summed E-state index contributed by atoms with van der Waals surface area (Å²) in [5, 5.41) is 3.76. The first-order chi connectivity index (χ1) is 17.9. The molecule has 0 fully saturated rings. The van der Waals surface area contributed by atoms with Crippen molar-refractivity contribution in [2.45, 2.75) is 65.1 Å². The van der Waals surface area contributed by atoms with Crippen LogP contribution in [0.15, 0.2) is 78.9 Å². The van der Waals surface area contributed by atoms with E-state index in [0.29, 0.717) is 36.8 Å². The van der Waals surface area contributed by atoms with E-state index in [2.05, 4.69) is 5.32 Å². The maximum Gasteiger partial charge on any atom is 0.243 e. The quantitative estimate of drug-likeness (QED) is 0.267. The van der Waals surface area contributed by atoms with E-state index in [9.17, 15) is 9.59 Å². The van der Waals surface area contributed by atoms with Gasteiger partial charge < -0.3 is 15.0 Å². The van der Waals surface area contributed by atoms with Crippen LogP contribution in [-0.2, 0) is 22.6 Å². The molecule has 3 rings (SSSR count). The van der Waals surface area contributed by atoms with E-state index in [4.69, 9.17) is 16.3 Å². The zero-order valence-corrected chi connectivity index (χ0v) is 22.7. The van der Waals surface area contributed by atoms with Gasteiger partial charge >= 0.3 is 0 Å². The first-order valence-corrected chi connectivity index (χ1v) is 13.3. The molecule has 0 saturated heterocycles. The van der Waals surface area contributed by atoms with Crippen molar-refractivity contribution in [2.24, 2.45) is 0 Å². The van der Waals surface area contributed by atoms with E-state index in [1.165, 1.54) is 0 Å². The van der Waals surface area contributed by atoms with Crippen LogP contribution in [0.5, 0.6) is 5.75 Å². The lowest BCUT2D eigenvalue weighted by Gasteiger charge is -2.33. The van der Waals surface area contributed by atoms with Gasteiger partial charge in [-0.2, -0.15) is 0 Å². The Hall–Kier alpha value is -3.31. The highest BCUT2D eigenvalue weighted by Crippen LogP contribution is 2.19. The van der Waals surface area contributed by atoms with Gasteiger partial charge in [-0.15, -0.1) is 0 Å². The van der Waals surface area contributed by atoms with Crippen LogP contribution in [0.25, 0.3) is 0 Å². The Morgan fingerprint density at radius 2 is 1.65 bits per heavy atom. The minimum atomic E-state index is -0.624. The number of aryl methyl sites for hydroxylation is 1. The number of amides is 2. The second-order valence-electron chi connectivity index (χ2n) is 9.38. The number of halogens is 1. The molecular weight excluding hydrogens is 484 g/mol. The van der Waals surface area contributed by atoms with Crippen LogP contribution in [0.1, 0.15) is 49.8 Å². The van der Waals surface area contributed by atoms with Gasteiger partial charge in [0.2, 0.25) is 11.8 Å². The Morgan fingerprint density at radius 3 is 2.32 bits per heavy atom. The van der Waals surface area contributed by atoms with Crippen LogP contribution in [0.4, 0.5) is 0 Å². The minimum absolute atomic E-state index is 0.0222. The second-order valence-corrected chi connectivity index (χ2v) is 9.81. The number of benzene rings is 3. The summed E-state index contributed by atoms with van der Waals surface area (Å²) in [5.74, 6) is 0.518. The standard InChI is InChI=1S/C31H37ClN2O3/c1-4-24(3)33-31(36)29(21-25-12-6-5-7-13-25)34(22-26-14-9-8-11-23(26)2)30(35)15-10-20-37-28-18-16-27(32)17-19-28/h5-9,11-14,16-19,24,29H,4,10,15,20-22H2,1-3H3,(H,33,36)/t24-,29+/m0/s1. The Labute approximate surface area is 225 Å². The van der Waals surface area contributed by atoms with Crippen LogP contribution in [0, 0.1) is 6.92 Å². The molecule has 5 nitrogen and oxygen atoms in total. The molecule has 0 aromatic heterocycles. The smallest absolute Gasteiger partial charge is 0.243 e. The van der Waals surface area contributed by atoms with Crippen LogP contribution in [0.3, 0.4) is 0 Å². The van der Waals surface area contributed by atoms with E-state index >= 15 is 0 Å². The van der Waals surface area contributed by atoms with Crippen LogP contribution >= 0.6 is 11.6 Å². The highest BCUT2D eigenvalue weighted by atomic mass is 35.5. The molecule has 1 N–H and O–H groups in total. The molecule has 0 saturated carbocycles. The lowest BCUT2D eigenvalue weighted by molar-refractivity contribution is -0.141. The maximum absolute atomic E-state index is 13.7. The van der Waals surface area contributed by atoms with Crippen molar-refractivity contribution in [3.05, 3.63) is 101 Å². The molecule has 0 bridgehead atoms. The lowest BCUT2D eigenvalue weighted by atomic mass is 10.0. The molecule has 0 spiro atoms. The van der Waals surface area contributed by atoms with Crippen LogP contribution in [-0.4, -0.2) is 35.4 Å². The summed E-state index contributed by atoms with van der Waals surface area (Å²) in [5.41, 5.74) is 3.13. The van der Waals surface area contributed by atoms with Crippen molar-refractivity contribution >= 4 is 23.4 Å². The van der Waals surface area contributed by atoms with Gasteiger partial charge in [0.15, 0.2) is 0 Å². The number of hydrogen-bond acceptors (Lipinski definition) is 3. The first kappa shape index (κ1) is 28.3. The molecular formula is C31H37ClN2O3. The summed E-state index contributed by atoms with van der Waals surface area (Å²) in [6.07, 6.45) is 2.08. The van der Waals surface area contributed by atoms with Gasteiger partial charge in [0, 0.05) is 30.5 Å². The van der Waals surface area contributed by atoms with Gasteiger partial charge in [0.1, 0.15) is 11.8 Å². The predicted molar refractivity (Wildman–Crippen MR) is 150 cm³/mol. The summed E-state index contributed by atoms with van der Waals surface area (Å²) >= 11 is 5.94. The number of carbonyl (C=O) groups is 2. The zero-order chi connectivity index (χ0) is 26.6. The van der Waals surface area contributed by atoms with Crippen molar-refractivity contribution in [1.29, 1.82) is 0 Å². The molecule has 0 aliphatic rings. The average molecular weight is 521 g/mol. The zero-order valence-electron chi connectivity index (χ0n) is 22.0. The highest BCUT2D eigenvalue weighted by molar-refractivity contribution is 6.30. The van der Waals surface area contributed by atoms with E-state index in [-0.39, 0.29) is 24.3 Å². The molecule has 0 aliphatic heterocycles. The fourth-order valence-electron chi connectivity index (χ4n) is 4.05. The van der Waals surface area contributed by atoms with E-state index < -0.39 is 6.04 Å². The third-order valence-corrected chi connectivity index (χ3v) is 6.74. The molecule has 3 aromatic carbocycles. The summed E-state index contributed by atoms with van der Waals surface area (Å²) in [6.45, 7) is 6.82. The number of nitrogens with zero attached hydrogens (tertiary/aromatic N) is 1. The number of rotatable bonds is 13. The second kappa shape index (κ2) is 14.4. The fraction of sp³-hybridized carbons (Fsp3) is 0.355. The van der Waals surface area contributed by atoms with E-state index in [1.54, 1.807) is 17.0 Å². The first-order valence-electron chi connectivity index (χ1n) is 12.9. The molecule has 0 unspecified atom stereocenters. The molecule has 0 heterocycles. The van der Waals surface area contributed by atoms with Gasteiger partial charge in [0.25, 0.3) is 0 Å². The largest absolute Gasteiger partial charge is 0.494 e. The van der Waals surface area contributed by atoms with E-state index in [1.807, 2.05) is 87.5 Å². The average Bonchev–Trinajstić information content (AvgIpc) is 2.91. The summed E-state index contributed by atoms with van der Waals surface area (Å²) in [4.78, 5) is 29.0. The minimum Gasteiger partial charge on any atom is -0.494 e. The normalized spacial score (nSPS) is 12.4. The Balaban J connectivity index is 1.80. The molecule has 0 radical (unpaired) electrons. The number of nitrogens with one attached hydrogen (secondary N) is 1. The highest BCUT2D eigenvalue weighted by Gasteiger charge is 2.31. The molecule has 37 heavy (non-hydrogen) atoms. The molecule has 196 valence electrons. The fourth-order valence-corrected chi connectivity index (χ4v) is 4.18. The monoisotopic (exact) mass is 520 g/mol. The van der Waals surface area contributed by atoms with Crippen LogP contribution < -0.4 is 10.1 Å². The third-order valence-electron chi connectivity index (χ3n) is 6.49. The summed E-state index contributed by atoms with van der Waals surface area (Å²) in [6, 6.07) is 24.4.